The number of hydrogen-bond donors (Lipinski definition) is 1. The second-order valence-electron chi connectivity index (χ2n) is 8.24. The van der Waals surface area contributed by atoms with Crippen LogP contribution < -0.4 is 15.8 Å². The molecule has 0 unspecified atom stereocenters. The second-order valence-corrected chi connectivity index (χ2v) is 9.18. The van der Waals surface area contributed by atoms with Crippen molar-refractivity contribution >= 4 is 50.7 Å². The molecule has 1 aliphatic rings. The average molecular weight is 459 g/mol. The van der Waals surface area contributed by atoms with E-state index >= 15 is 0 Å². The highest BCUT2D eigenvalue weighted by atomic mass is 32.2. The molecule has 0 saturated carbocycles. The van der Waals surface area contributed by atoms with Crippen molar-refractivity contribution in [3.63, 3.8) is 0 Å². The second kappa shape index (κ2) is 9.27. The van der Waals surface area contributed by atoms with E-state index in [1.54, 1.807) is 4.57 Å². The Morgan fingerprint density at radius 1 is 1.03 bits per heavy atom. The number of fused-ring (bicyclic) bond motifs is 2. The predicted molar refractivity (Wildman–Crippen MR) is 136 cm³/mol. The van der Waals surface area contributed by atoms with Gasteiger partial charge < -0.3 is 10.2 Å². The van der Waals surface area contributed by atoms with Gasteiger partial charge in [-0.2, -0.15) is 0 Å². The van der Waals surface area contributed by atoms with Crippen LogP contribution in [0.5, 0.6) is 0 Å². The van der Waals surface area contributed by atoms with Gasteiger partial charge in [0.25, 0.3) is 5.56 Å². The molecule has 1 N–H and O–H groups in total. The number of carbonyl (C=O) groups excluding carboxylic acids is 1. The lowest BCUT2D eigenvalue weighted by atomic mass is 10.1. The Kier molecular flexibility index (Phi) is 6.05. The Morgan fingerprint density at radius 2 is 1.73 bits per heavy atom. The molecule has 3 aromatic carbocycles. The molecule has 2 heterocycles. The van der Waals surface area contributed by atoms with Crippen LogP contribution >= 0.6 is 11.8 Å². The van der Waals surface area contributed by atoms with Crippen molar-refractivity contribution in [2.45, 2.75) is 31.5 Å². The zero-order chi connectivity index (χ0) is 22.8. The third-order valence-electron chi connectivity index (χ3n) is 6.06. The zero-order valence-corrected chi connectivity index (χ0v) is 19.4. The van der Waals surface area contributed by atoms with Crippen molar-refractivity contribution in [1.82, 2.24) is 9.55 Å². The monoisotopic (exact) mass is 458 g/mol. The Hall–Kier alpha value is -3.32. The van der Waals surface area contributed by atoms with Gasteiger partial charge in [-0.15, -0.1) is 0 Å². The predicted octanol–water partition coefficient (Wildman–Crippen LogP) is 4.90. The van der Waals surface area contributed by atoms with Crippen LogP contribution in [0.3, 0.4) is 0 Å². The lowest BCUT2D eigenvalue weighted by Crippen LogP contribution is -2.23. The number of amides is 1. The van der Waals surface area contributed by atoms with Gasteiger partial charge in [0.15, 0.2) is 5.16 Å². The molecule has 1 fully saturated rings. The molecule has 6 nitrogen and oxygen atoms in total. The van der Waals surface area contributed by atoms with Crippen LogP contribution in [-0.2, 0) is 11.3 Å². The largest absolute Gasteiger partial charge is 0.372 e. The van der Waals surface area contributed by atoms with Gasteiger partial charge in [-0.25, -0.2) is 4.98 Å². The molecule has 0 atom stereocenters. The van der Waals surface area contributed by atoms with E-state index in [0.717, 1.165) is 29.5 Å². The Bertz CT molecular complexity index is 1380. The number of aromatic nitrogens is 2. The van der Waals surface area contributed by atoms with Crippen molar-refractivity contribution < 1.29 is 4.79 Å². The molecule has 0 radical (unpaired) electrons. The minimum absolute atomic E-state index is 0.0753. The van der Waals surface area contributed by atoms with Crippen LogP contribution in [0.4, 0.5) is 11.4 Å². The molecule has 1 aliphatic heterocycles. The summed E-state index contributed by atoms with van der Waals surface area (Å²) in [6.07, 6.45) is 2.47. The molecular weight excluding hydrogens is 432 g/mol. The van der Waals surface area contributed by atoms with Crippen LogP contribution in [0.2, 0.25) is 0 Å². The van der Waals surface area contributed by atoms with E-state index in [1.165, 1.54) is 30.3 Å². The number of benzene rings is 3. The van der Waals surface area contributed by atoms with Crippen LogP contribution in [0, 0.1) is 0 Å². The number of hydrogen-bond acceptors (Lipinski definition) is 5. The number of thioether (sulfide) groups is 1. The van der Waals surface area contributed by atoms with E-state index in [1.807, 2.05) is 55.5 Å². The molecule has 5 rings (SSSR count). The molecule has 7 heteroatoms. The van der Waals surface area contributed by atoms with E-state index < -0.39 is 0 Å². The summed E-state index contributed by atoms with van der Waals surface area (Å²) in [6.45, 7) is 4.60. The summed E-state index contributed by atoms with van der Waals surface area (Å²) in [4.78, 5) is 32.8. The highest BCUT2D eigenvalue weighted by molar-refractivity contribution is 7.99. The summed E-state index contributed by atoms with van der Waals surface area (Å²) in [7, 11) is 0. The third kappa shape index (κ3) is 4.46. The molecule has 168 valence electrons. The number of nitrogens with one attached hydrogen (secondary N) is 1. The zero-order valence-electron chi connectivity index (χ0n) is 18.6. The molecule has 1 amide bonds. The van der Waals surface area contributed by atoms with Gasteiger partial charge in [-0.05, 0) is 66.9 Å². The van der Waals surface area contributed by atoms with E-state index in [2.05, 4.69) is 22.3 Å². The Balaban J connectivity index is 1.32. The smallest absolute Gasteiger partial charge is 0.262 e. The number of carbonyl (C=O) groups is 1. The van der Waals surface area contributed by atoms with Crippen molar-refractivity contribution in [2.24, 2.45) is 0 Å². The molecular formula is C26H26N4O2S. The molecule has 33 heavy (non-hydrogen) atoms. The van der Waals surface area contributed by atoms with Gasteiger partial charge in [-0.1, -0.05) is 36.0 Å². The van der Waals surface area contributed by atoms with E-state index in [9.17, 15) is 9.59 Å². The molecule has 0 bridgehead atoms. The van der Waals surface area contributed by atoms with Gasteiger partial charge in [0.05, 0.1) is 16.7 Å². The highest BCUT2D eigenvalue weighted by Gasteiger charge is 2.14. The molecule has 1 aromatic heterocycles. The minimum Gasteiger partial charge on any atom is -0.372 e. The molecule has 0 aliphatic carbocycles. The van der Waals surface area contributed by atoms with Crippen LogP contribution in [0.1, 0.15) is 19.8 Å². The Labute approximate surface area is 196 Å². The fourth-order valence-electron chi connectivity index (χ4n) is 4.33. The first kappa shape index (κ1) is 21.5. The lowest BCUT2D eigenvalue weighted by Gasteiger charge is -2.17. The summed E-state index contributed by atoms with van der Waals surface area (Å²) in [5.74, 6) is 0.0591. The van der Waals surface area contributed by atoms with Gasteiger partial charge >= 0.3 is 0 Å². The molecule has 1 saturated heterocycles. The maximum atomic E-state index is 13.1. The fourth-order valence-corrected chi connectivity index (χ4v) is 5.20. The third-order valence-corrected chi connectivity index (χ3v) is 7.03. The van der Waals surface area contributed by atoms with Crippen molar-refractivity contribution in [3.05, 3.63) is 71.0 Å². The first-order valence-corrected chi connectivity index (χ1v) is 12.3. The molecule has 0 spiro atoms. The standard InChI is InChI=1S/C26H26N4O2S/c1-2-30-25(32)22-15-18-7-3-4-8-19(18)16-23(22)28-26(30)33-17-24(31)27-20-9-11-21(12-10-20)29-13-5-6-14-29/h3-4,7-12,15-16H,2,5-6,13-14,17H2,1H3,(H,27,31). The summed E-state index contributed by atoms with van der Waals surface area (Å²) >= 11 is 1.29. The van der Waals surface area contributed by atoms with Crippen molar-refractivity contribution in [1.29, 1.82) is 0 Å². The Morgan fingerprint density at radius 3 is 2.42 bits per heavy atom. The first-order valence-electron chi connectivity index (χ1n) is 11.3. The fraction of sp³-hybridized carbons (Fsp3) is 0.269. The van der Waals surface area contributed by atoms with E-state index in [0.29, 0.717) is 22.6 Å². The van der Waals surface area contributed by atoms with Crippen molar-refractivity contribution in [2.75, 3.05) is 29.1 Å². The number of anilines is 2. The minimum atomic E-state index is -0.121. The molecule has 4 aromatic rings. The maximum Gasteiger partial charge on any atom is 0.262 e. The van der Waals surface area contributed by atoms with E-state index in [-0.39, 0.29) is 17.2 Å². The van der Waals surface area contributed by atoms with Gasteiger partial charge in [0.1, 0.15) is 0 Å². The average Bonchev–Trinajstić information content (AvgIpc) is 3.37. The first-order chi connectivity index (χ1) is 16.1. The quantitative estimate of drug-likeness (QED) is 0.253. The lowest BCUT2D eigenvalue weighted by molar-refractivity contribution is -0.113. The van der Waals surface area contributed by atoms with Gasteiger partial charge in [0.2, 0.25) is 5.91 Å². The topological polar surface area (TPSA) is 67.2 Å². The summed E-state index contributed by atoms with van der Waals surface area (Å²) in [5.41, 5.74) is 2.55. The van der Waals surface area contributed by atoms with Crippen LogP contribution in [-0.4, -0.2) is 34.3 Å². The number of nitrogens with zero attached hydrogens (tertiary/aromatic N) is 3. The highest BCUT2D eigenvalue weighted by Crippen LogP contribution is 2.24. The SMILES string of the molecule is CCn1c(SCC(=O)Nc2ccc(N3CCCC3)cc2)nc2cc3ccccc3cc2c1=O. The van der Waals surface area contributed by atoms with Gasteiger partial charge in [-0.3, -0.25) is 14.2 Å². The van der Waals surface area contributed by atoms with Crippen molar-refractivity contribution in [3.8, 4) is 0 Å². The van der Waals surface area contributed by atoms with Gasteiger partial charge in [0, 0.05) is 31.0 Å². The summed E-state index contributed by atoms with van der Waals surface area (Å²) < 4.78 is 1.64. The number of rotatable bonds is 6. The van der Waals surface area contributed by atoms with Crippen LogP contribution in [0.15, 0.2) is 70.6 Å². The van der Waals surface area contributed by atoms with Crippen LogP contribution in [0.25, 0.3) is 21.7 Å². The van der Waals surface area contributed by atoms with E-state index in [4.69, 9.17) is 4.98 Å². The summed E-state index contributed by atoms with van der Waals surface area (Å²) in [6, 6.07) is 19.8. The normalized spacial score (nSPS) is 13.7. The maximum absolute atomic E-state index is 13.1. The summed E-state index contributed by atoms with van der Waals surface area (Å²) in [5, 5.41) is 6.16.